The van der Waals surface area contributed by atoms with E-state index in [2.05, 4.69) is 10.6 Å². The number of amides is 3. The number of piperidine rings is 1. The second-order valence-electron chi connectivity index (χ2n) is 7.86. The summed E-state index contributed by atoms with van der Waals surface area (Å²) >= 11 is 0. The molecule has 2 saturated heterocycles. The minimum atomic E-state index is -1.12. The highest BCUT2D eigenvalue weighted by Gasteiger charge is 2.46. The molecule has 2 fully saturated rings. The van der Waals surface area contributed by atoms with E-state index in [1.807, 2.05) is 36.4 Å². The maximum Gasteiger partial charge on any atom is 0.254 e. The van der Waals surface area contributed by atoms with Gasteiger partial charge in [0, 0.05) is 37.3 Å². The number of rotatable bonds is 5. The number of nitrogens with two attached hydrogens (primary N) is 1. The summed E-state index contributed by atoms with van der Waals surface area (Å²) in [6.07, 6.45) is 3.17. The number of carbonyl (C=O) groups excluding carboxylic acids is 3. The van der Waals surface area contributed by atoms with E-state index >= 15 is 0 Å². The lowest BCUT2D eigenvalue weighted by atomic mass is 9.86. The van der Waals surface area contributed by atoms with Crippen molar-refractivity contribution in [3.63, 3.8) is 0 Å². The third-order valence-electron chi connectivity index (χ3n) is 5.88. The molecule has 4 rings (SSSR count). The number of nitrogens with one attached hydrogen (secondary N) is 2. The van der Waals surface area contributed by atoms with Gasteiger partial charge >= 0.3 is 0 Å². The number of benzene rings is 2. The molecule has 1 unspecified atom stereocenters. The number of nitrogens with zero attached hydrogens (tertiary/aromatic N) is 1. The van der Waals surface area contributed by atoms with Crippen molar-refractivity contribution in [2.24, 2.45) is 5.73 Å². The molecule has 2 aliphatic heterocycles. The molecule has 0 aliphatic carbocycles. The van der Waals surface area contributed by atoms with Crippen LogP contribution in [0.5, 0.6) is 0 Å². The van der Waals surface area contributed by atoms with E-state index < -0.39 is 5.54 Å². The molecule has 2 aromatic carbocycles. The van der Waals surface area contributed by atoms with E-state index in [1.54, 1.807) is 17.0 Å². The maximum atomic E-state index is 13.3. The van der Waals surface area contributed by atoms with Gasteiger partial charge in [-0.15, -0.1) is 0 Å². The van der Waals surface area contributed by atoms with Crippen LogP contribution in [0.3, 0.4) is 0 Å². The van der Waals surface area contributed by atoms with Gasteiger partial charge < -0.3 is 21.3 Å². The van der Waals surface area contributed by atoms with Gasteiger partial charge in [-0.25, -0.2) is 0 Å². The van der Waals surface area contributed by atoms with E-state index in [9.17, 15) is 14.4 Å². The minimum Gasteiger partial charge on any atom is -0.338 e. The topological polar surface area (TPSA) is 105 Å². The standard InChI is InChI=1S/C23H26N4O3/c24-15-16-4-3-5-17(14-16)23(12-11-20(28)26-23)22(30)25-18-7-9-19(10-8-18)27-13-2-1-6-21(27)29/h3-5,7-10,14H,1-2,6,11-13,15,24H2,(H,25,30)(H,26,28). The molecule has 2 aliphatic rings. The van der Waals surface area contributed by atoms with Crippen LogP contribution in [0.2, 0.25) is 0 Å². The zero-order valence-electron chi connectivity index (χ0n) is 16.8. The molecule has 7 heteroatoms. The van der Waals surface area contributed by atoms with Crippen LogP contribution < -0.4 is 21.3 Å². The first-order chi connectivity index (χ1) is 14.5. The number of hydrogen-bond acceptors (Lipinski definition) is 4. The summed E-state index contributed by atoms with van der Waals surface area (Å²) in [7, 11) is 0. The van der Waals surface area contributed by atoms with Crippen molar-refractivity contribution in [1.29, 1.82) is 0 Å². The van der Waals surface area contributed by atoms with Gasteiger partial charge in [-0.2, -0.15) is 0 Å². The molecular weight excluding hydrogens is 380 g/mol. The minimum absolute atomic E-state index is 0.130. The van der Waals surface area contributed by atoms with Crippen LogP contribution in [0, 0.1) is 0 Å². The molecule has 4 N–H and O–H groups in total. The average molecular weight is 406 g/mol. The van der Waals surface area contributed by atoms with Gasteiger partial charge in [0.2, 0.25) is 11.8 Å². The number of carbonyl (C=O) groups is 3. The summed E-state index contributed by atoms with van der Waals surface area (Å²) in [4.78, 5) is 39.2. The molecule has 2 aromatic rings. The molecule has 30 heavy (non-hydrogen) atoms. The fraction of sp³-hybridized carbons (Fsp3) is 0.348. The predicted octanol–water partition coefficient (Wildman–Crippen LogP) is 2.41. The monoisotopic (exact) mass is 406 g/mol. The molecular formula is C23H26N4O3. The Morgan fingerprint density at radius 3 is 2.57 bits per heavy atom. The Kier molecular flexibility index (Phi) is 5.55. The summed E-state index contributed by atoms with van der Waals surface area (Å²) in [5.41, 5.74) is 7.71. The van der Waals surface area contributed by atoms with Crippen molar-refractivity contribution in [3.05, 3.63) is 59.7 Å². The van der Waals surface area contributed by atoms with Gasteiger partial charge in [0.25, 0.3) is 5.91 Å². The summed E-state index contributed by atoms with van der Waals surface area (Å²) in [6, 6.07) is 14.7. The SMILES string of the molecule is NCc1cccc(C2(C(=O)Nc3ccc(N4CCCCC4=O)cc3)CCC(=O)N2)c1. The van der Waals surface area contributed by atoms with Crippen molar-refractivity contribution in [2.45, 2.75) is 44.2 Å². The van der Waals surface area contributed by atoms with Crippen LogP contribution in [0.15, 0.2) is 48.5 Å². The van der Waals surface area contributed by atoms with Gasteiger partial charge in [-0.05, 0) is 54.7 Å². The molecule has 0 spiro atoms. The first-order valence-electron chi connectivity index (χ1n) is 10.3. The Hall–Kier alpha value is -3.19. The Bertz CT molecular complexity index is 973. The van der Waals surface area contributed by atoms with Gasteiger partial charge in [-0.3, -0.25) is 14.4 Å². The van der Waals surface area contributed by atoms with Crippen molar-refractivity contribution in [1.82, 2.24) is 5.32 Å². The third-order valence-corrected chi connectivity index (χ3v) is 5.88. The van der Waals surface area contributed by atoms with Crippen molar-refractivity contribution < 1.29 is 14.4 Å². The van der Waals surface area contributed by atoms with Crippen LogP contribution >= 0.6 is 0 Å². The molecule has 0 radical (unpaired) electrons. The Balaban J connectivity index is 1.56. The van der Waals surface area contributed by atoms with Crippen molar-refractivity contribution in [3.8, 4) is 0 Å². The lowest BCUT2D eigenvalue weighted by molar-refractivity contribution is -0.126. The highest BCUT2D eigenvalue weighted by Crippen LogP contribution is 2.34. The molecule has 156 valence electrons. The molecule has 7 nitrogen and oxygen atoms in total. The van der Waals surface area contributed by atoms with Gasteiger partial charge in [0.1, 0.15) is 5.54 Å². The average Bonchev–Trinajstić information content (AvgIpc) is 3.18. The van der Waals surface area contributed by atoms with E-state index in [4.69, 9.17) is 5.73 Å². The smallest absolute Gasteiger partial charge is 0.254 e. The van der Waals surface area contributed by atoms with Crippen LogP contribution in [-0.2, 0) is 26.5 Å². The molecule has 2 heterocycles. The molecule has 0 saturated carbocycles. The van der Waals surface area contributed by atoms with Crippen LogP contribution in [0.4, 0.5) is 11.4 Å². The maximum absolute atomic E-state index is 13.3. The Morgan fingerprint density at radius 2 is 1.90 bits per heavy atom. The predicted molar refractivity (Wildman–Crippen MR) is 115 cm³/mol. The zero-order valence-corrected chi connectivity index (χ0v) is 16.8. The first-order valence-corrected chi connectivity index (χ1v) is 10.3. The fourth-order valence-electron chi connectivity index (χ4n) is 4.19. The summed E-state index contributed by atoms with van der Waals surface area (Å²) in [5.74, 6) is -0.308. The normalized spacial score (nSPS) is 21.4. The lowest BCUT2D eigenvalue weighted by Gasteiger charge is -2.29. The highest BCUT2D eigenvalue weighted by atomic mass is 16.2. The molecule has 0 bridgehead atoms. The lowest BCUT2D eigenvalue weighted by Crippen LogP contribution is -2.49. The molecule has 3 amide bonds. The van der Waals surface area contributed by atoms with Gasteiger partial charge in [0.05, 0.1) is 0 Å². The molecule has 1 atom stereocenters. The third kappa shape index (κ3) is 3.80. The van der Waals surface area contributed by atoms with Crippen LogP contribution in [0.25, 0.3) is 0 Å². The first kappa shape index (κ1) is 20.1. The van der Waals surface area contributed by atoms with E-state index in [0.717, 1.165) is 36.2 Å². The summed E-state index contributed by atoms with van der Waals surface area (Å²) in [5, 5.41) is 5.81. The van der Waals surface area contributed by atoms with Gasteiger partial charge in [-0.1, -0.05) is 24.3 Å². The van der Waals surface area contributed by atoms with Crippen LogP contribution in [0.1, 0.15) is 43.2 Å². The Labute approximate surface area is 175 Å². The summed E-state index contributed by atoms with van der Waals surface area (Å²) in [6.45, 7) is 1.08. The van der Waals surface area contributed by atoms with Crippen molar-refractivity contribution in [2.75, 3.05) is 16.8 Å². The molecule has 0 aromatic heterocycles. The fourth-order valence-corrected chi connectivity index (χ4v) is 4.19. The Morgan fingerprint density at radius 1 is 1.10 bits per heavy atom. The van der Waals surface area contributed by atoms with E-state index in [-0.39, 0.29) is 24.1 Å². The number of hydrogen-bond donors (Lipinski definition) is 3. The highest BCUT2D eigenvalue weighted by molar-refractivity contribution is 6.03. The second kappa shape index (κ2) is 8.28. The van der Waals surface area contributed by atoms with Crippen LogP contribution in [-0.4, -0.2) is 24.3 Å². The number of anilines is 2. The van der Waals surface area contributed by atoms with Crippen molar-refractivity contribution >= 4 is 29.1 Å². The zero-order chi connectivity index (χ0) is 21.1. The quantitative estimate of drug-likeness (QED) is 0.709. The van der Waals surface area contributed by atoms with Gasteiger partial charge in [0.15, 0.2) is 0 Å². The second-order valence-corrected chi connectivity index (χ2v) is 7.86. The summed E-state index contributed by atoms with van der Waals surface area (Å²) < 4.78 is 0. The van der Waals surface area contributed by atoms with E-state index in [0.29, 0.717) is 25.1 Å². The van der Waals surface area contributed by atoms with E-state index in [1.165, 1.54) is 0 Å². The largest absolute Gasteiger partial charge is 0.338 e.